The molecule has 0 bridgehead atoms. The standard InChI is InChI=1S/C22H21F5N4O2/c1-12-18(20(23)24)19(30-33-12)16-10-14(13-6-3-2-4-7-13)21(32)31(29-16)11-17-15(22(25,26)27)8-5-9-28-17/h5,8-10,13,20H,2-4,6-7,11H2,1H3. The Morgan fingerprint density at radius 2 is 1.94 bits per heavy atom. The third-order valence-corrected chi connectivity index (χ3v) is 5.91. The Morgan fingerprint density at radius 1 is 1.21 bits per heavy atom. The predicted octanol–water partition coefficient (Wildman–Crippen LogP) is 5.65. The first-order valence-electron chi connectivity index (χ1n) is 10.5. The lowest BCUT2D eigenvalue weighted by Crippen LogP contribution is -2.30. The summed E-state index contributed by atoms with van der Waals surface area (Å²) in [5, 5.41) is 7.81. The normalized spacial score (nSPS) is 15.4. The second kappa shape index (κ2) is 9.03. The zero-order valence-electron chi connectivity index (χ0n) is 17.7. The van der Waals surface area contributed by atoms with Crippen molar-refractivity contribution < 1.29 is 26.5 Å². The van der Waals surface area contributed by atoms with Gasteiger partial charge in [-0.1, -0.05) is 24.4 Å². The second-order valence-electron chi connectivity index (χ2n) is 8.08. The van der Waals surface area contributed by atoms with E-state index >= 15 is 0 Å². The average molecular weight is 468 g/mol. The zero-order chi connectivity index (χ0) is 23.8. The van der Waals surface area contributed by atoms with Crippen LogP contribution in [-0.2, 0) is 12.7 Å². The average Bonchev–Trinajstić information content (AvgIpc) is 3.17. The summed E-state index contributed by atoms with van der Waals surface area (Å²) in [4.78, 5) is 17.0. The highest BCUT2D eigenvalue weighted by atomic mass is 19.4. The lowest BCUT2D eigenvalue weighted by molar-refractivity contribution is -0.138. The Hall–Kier alpha value is -3.11. The van der Waals surface area contributed by atoms with Crippen LogP contribution in [-0.4, -0.2) is 19.9 Å². The minimum Gasteiger partial charge on any atom is -0.361 e. The molecule has 0 amide bonds. The highest BCUT2D eigenvalue weighted by Crippen LogP contribution is 2.36. The lowest BCUT2D eigenvalue weighted by atomic mass is 9.84. The van der Waals surface area contributed by atoms with Crippen molar-refractivity contribution in [1.29, 1.82) is 0 Å². The molecule has 33 heavy (non-hydrogen) atoms. The van der Waals surface area contributed by atoms with Gasteiger partial charge in [0.1, 0.15) is 17.1 Å². The molecule has 6 nitrogen and oxygen atoms in total. The van der Waals surface area contributed by atoms with Gasteiger partial charge in [0.15, 0.2) is 0 Å². The number of rotatable bonds is 5. The summed E-state index contributed by atoms with van der Waals surface area (Å²) in [6.07, 6.45) is -2.15. The van der Waals surface area contributed by atoms with Crippen molar-refractivity contribution in [3.05, 3.63) is 62.9 Å². The molecule has 0 N–H and O–H groups in total. The molecule has 1 aliphatic carbocycles. The molecule has 0 radical (unpaired) electrons. The van der Waals surface area contributed by atoms with Crippen molar-refractivity contribution in [3.8, 4) is 11.4 Å². The number of aryl methyl sites for hydroxylation is 1. The van der Waals surface area contributed by atoms with E-state index in [1.807, 2.05) is 0 Å². The molecule has 4 rings (SSSR count). The Labute approximate surface area is 185 Å². The number of halogens is 5. The summed E-state index contributed by atoms with van der Waals surface area (Å²) in [6.45, 7) is 0.766. The van der Waals surface area contributed by atoms with Crippen LogP contribution in [0.3, 0.4) is 0 Å². The fourth-order valence-corrected chi connectivity index (χ4v) is 4.28. The monoisotopic (exact) mass is 468 g/mol. The number of aromatic nitrogens is 4. The first-order valence-corrected chi connectivity index (χ1v) is 10.5. The van der Waals surface area contributed by atoms with Crippen LogP contribution in [0.25, 0.3) is 11.4 Å². The van der Waals surface area contributed by atoms with Crippen molar-refractivity contribution in [2.45, 2.75) is 64.1 Å². The van der Waals surface area contributed by atoms with Crippen molar-refractivity contribution in [1.82, 2.24) is 19.9 Å². The van der Waals surface area contributed by atoms with Crippen LogP contribution in [0.5, 0.6) is 0 Å². The molecule has 3 heterocycles. The van der Waals surface area contributed by atoms with Gasteiger partial charge in [-0.2, -0.15) is 18.3 Å². The maximum Gasteiger partial charge on any atom is 0.418 e. The number of hydrogen-bond acceptors (Lipinski definition) is 5. The van der Waals surface area contributed by atoms with Crippen LogP contribution in [0.15, 0.2) is 33.7 Å². The highest BCUT2D eigenvalue weighted by Gasteiger charge is 2.34. The van der Waals surface area contributed by atoms with E-state index < -0.39 is 41.5 Å². The van der Waals surface area contributed by atoms with E-state index in [-0.39, 0.29) is 23.1 Å². The number of pyridine rings is 1. The van der Waals surface area contributed by atoms with Crippen LogP contribution in [0.1, 0.15) is 72.6 Å². The number of nitrogens with zero attached hydrogens (tertiary/aromatic N) is 4. The number of hydrogen-bond donors (Lipinski definition) is 0. The Kier molecular flexibility index (Phi) is 6.31. The Morgan fingerprint density at radius 3 is 2.61 bits per heavy atom. The van der Waals surface area contributed by atoms with E-state index in [1.54, 1.807) is 0 Å². The minimum absolute atomic E-state index is 0.0492. The number of alkyl halides is 5. The van der Waals surface area contributed by atoms with Gasteiger partial charge in [0.05, 0.1) is 23.4 Å². The summed E-state index contributed by atoms with van der Waals surface area (Å²) >= 11 is 0. The fraction of sp³-hybridized carbons (Fsp3) is 0.455. The molecule has 0 aromatic carbocycles. The van der Waals surface area contributed by atoms with Crippen LogP contribution >= 0.6 is 0 Å². The summed E-state index contributed by atoms with van der Waals surface area (Å²) in [5.41, 5.74) is -2.37. The summed E-state index contributed by atoms with van der Waals surface area (Å²) < 4.78 is 73.4. The van der Waals surface area contributed by atoms with Gasteiger partial charge in [-0.25, -0.2) is 13.5 Å². The molecule has 1 saturated carbocycles. The minimum atomic E-state index is -4.68. The van der Waals surface area contributed by atoms with Gasteiger partial charge in [-0.15, -0.1) is 0 Å². The molecular weight excluding hydrogens is 447 g/mol. The highest BCUT2D eigenvalue weighted by molar-refractivity contribution is 5.60. The van der Waals surface area contributed by atoms with Gasteiger partial charge >= 0.3 is 6.18 Å². The SMILES string of the molecule is Cc1onc(-c2cc(C3CCCCC3)c(=O)n(Cc3ncccc3C(F)(F)F)n2)c1C(F)F. The van der Waals surface area contributed by atoms with Crippen LogP contribution in [0.2, 0.25) is 0 Å². The van der Waals surface area contributed by atoms with E-state index in [9.17, 15) is 26.7 Å². The molecule has 11 heteroatoms. The van der Waals surface area contributed by atoms with E-state index in [1.165, 1.54) is 19.2 Å². The van der Waals surface area contributed by atoms with Gasteiger partial charge in [0.25, 0.3) is 12.0 Å². The smallest absolute Gasteiger partial charge is 0.361 e. The van der Waals surface area contributed by atoms with Gasteiger partial charge < -0.3 is 4.52 Å². The van der Waals surface area contributed by atoms with E-state index in [4.69, 9.17) is 4.52 Å². The third kappa shape index (κ3) is 4.67. The van der Waals surface area contributed by atoms with Crippen molar-refractivity contribution in [2.75, 3.05) is 0 Å². The molecule has 176 valence electrons. The Bertz CT molecular complexity index is 1200. The fourth-order valence-electron chi connectivity index (χ4n) is 4.28. The molecule has 1 aliphatic rings. The molecule has 0 aliphatic heterocycles. The topological polar surface area (TPSA) is 73.8 Å². The molecule has 0 saturated heterocycles. The zero-order valence-corrected chi connectivity index (χ0v) is 17.7. The van der Waals surface area contributed by atoms with E-state index in [0.29, 0.717) is 5.56 Å². The summed E-state index contributed by atoms with van der Waals surface area (Å²) in [5.74, 6) is -0.240. The first kappa shape index (κ1) is 23.1. The van der Waals surface area contributed by atoms with Crippen molar-refractivity contribution >= 4 is 0 Å². The maximum absolute atomic E-state index is 13.6. The largest absolute Gasteiger partial charge is 0.418 e. The van der Waals surface area contributed by atoms with Gasteiger partial charge in [-0.3, -0.25) is 9.78 Å². The quantitative estimate of drug-likeness (QED) is 0.452. The van der Waals surface area contributed by atoms with Crippen LogP contribution in [0.4, 0.5) is 22.0 Å². The third-order valence-electron chi connectivity index (χ3n) is 5.91. The van der Waals surface area contributed by atoms with Gasteiger partial charge in [0.2, 0.25) is 0 Å². The van der Waals surface area contributed by atoms with Crippen molar-refractivity contribution in [3.63, 3.8) is 0 Å². The molecule has 0 spiro atoms. The molecule has 0 unspecified atom stereocenters. The maximum atomic E-state index is 13.6. The van der Waals surface area contributed by atoms with Crippen molar-refractivity contribution in [2.24, 2.45) is 0 Å². The molecule has 0 atom stereocenters. The van der Waals surface area contributed by atoms with E-state index in [2.05, 4.69) is 15.2 Å². The Balaban J connectivity index is 1.87. The first-order chi connectivity index (χ1) is 15.7. The van der Waals surface area contributed by atoms with Gasteiger partial charge in [-0.05, 0) is 43.9 Å². The predicted molar refractivity (Wildman–Crippen MR) is 108 cm³/mol. The summed E-state index contributed by atoms with van der Waals surface area (Å²) in [6, 6.07) is 3.44. The second-order valence-corrected chi connectivity index (χ2v) is 8.08. The van der Waals surface area contributed by atoms with E-state index in [0.717, 1.165) is 48.9 Å². The molecule has 3 aromatic heterocycles. The van der Waals surface area contributed by atoms with Crippen LogP contribution in [0, 0.1) is 6.92 Å². The molecule has 1 fully saturated rings. The summed E-state index contributed by atoms with van der Waals surface area (Å²) in [7, 11) is 0. The van der Waals surface area contributed by atoms with Crippen LogP contribution < -0.4 is 5.56 Å². The van der Waals surface area contributed by atoms with Gasteiger partial charge in [0, 0.05) is 11.8 Å². The molecule has 3 aromatic rings. The lowest BCUT2D eigenvalue weighted by Gasteiger charge is -2.22. The molecular formula is C22H21F5N4O2.